The van der Waals surface area contributed by atoms with E-state index in [1.807, 2.05) is 24.3 Å². The van der Waals surface area contributed by atoms with Crippen LogP contribution in [-0.4, -0.2) is 73.3 Å². The predicted octanol–water partition coefficient (Wildman–Crippen LogP) is 28.1. The number of halogens is 29. The lowest BCUT2D eigenvalue weighted by Crippen LogP contribution is -2.40. The number of carboxylic acid groups (broad SMARTS) is 1. The van der Waals surface area contributed by atoms with Gasteiger partial charge in [-0.1, -0.05) is 158 Å². The number of alkyl halides is 23. The lowest BCUT2D eigenvalue weighted by molar-refractivity contribution is -0.139. The third-order valence-electron chi connectivity index (χ3n) is 18.1. The number of aryl methyl sites for hydroxylation is 5. The molecule has 0 bridgehead atoms. The number of nitriles is 1. The summed E-state index contributed by atoms with van der Waals surface area (Å²) in [7, 11) is 2.74. The quantitative estimate of drug-likeness (QED) is 0.0306. The standard InChI is InChI=1S/C19H20F3N5O.C10H7Br2F3O2.C10H8BrF3O2.C9H7BrF3NO.C9H5BrF3N.C9H6BrF3O2.C8H7BrF3N.C8H11NO.CH3F.2CH4/c1-10-15(23)24-9-25-16(10)26-11-7-12-14(13(8-11)19(20,21)22)17(28)27-18(12)5-3-2-4-6-18;1-17-9(16)8-5(4-11)2-6(12)3-7(8)10(13,14)15;1-5-3-6(11)4-7(10(12,13)14)8(5)9(15)16-2;1-4-2-5(10)3-6(9(11,12)13)7(4)8(14)15;1-5-2-6(10)3-8(7(5)4-14)9(11,12)13;1-4-2-5(10)3-6(9(11,12)13)7(4)8(14)15;1-4-2-5(9)3-6(7(4)13)8(10,11)12;1-10-8-4-2-7(6-9)3-5-8;1-2;;/h7-9H,2-6H2,1H3,(H,27,28)(H3,23,24,25,26);2-3H,4H2,1H3;3-4H,1-2H3;2-3H,1H3,(H2,14,15);2-3H,1H3;2-3H,1H3,(H,14,15);2-3H,13H2,1H3;2-5H,6,9H2,1H3;1H3;2*1H4/i;;;;;;;;1D;;. The minimum atomic E-state index is -4.66. The molecule has 47 heteroatoms. The molecule has 8 aromatic carbocycles. The molecule has 2 amide bonds. The van der Waals surface area contributed by atoms with Gasteiger partial charge in [0.1, 0.15) is 29.8 Å². The zero-order chi connectivity index (χ0) is 101. The number of amides is 2. The van der Waals surface area contributed by atoms with Crippen molar-refractivity contribution < 1.29 is 141 Å². The van der Waals surface area contributed by atoms with Gasteiger partial charge in [0.05, 0.1) is 108 Å². The van der Waals surface area contributed by atoms with Crippen LogP contribution in [0.2, 0.25) is 0 Å². The van der Waals surface area contributed by atoms with Crippen LogP contribution in [0.1, 0.15) is 195 Å². The molecule has 1 aliphatic heterocycles. The summed E-state index contributed by atoms with van der Waals surface area (Å²) in [6, 6.07) is 25.7. The van der Waals surface area contributed by atoms with Crippen molar-refractivity contribution in [2.24, 2.45) is 11.5 Å². The zero-order valence-electron chi connectivity index (χ0n) is 69.5. The Morgan fingerprint density at radius 1 is 0.530 bits per heavy atom. The van der Waals surface area contributed by atoms with Crippen molar-refractivity contribution >= 4 is 164 Å². The van der Waals surface area contributed by atoms with Gasteiger partial charge in [-0.3, -0.25) is 14.0 Å². The molecule has 18 nitrogen and oxygen atoms in total. The van der Waals surface area contributed by atoms with Crippen molar-refractivity contribution in [2.75, 3.05) is 45.3 Å². The maximum atomic E-state index is 13.8. The van der Waals surface area contributed by atoms with Gasteiger partial charge in [-0.05, 0) is 196 Å². The van der Waals surface area contributed by atoms with E-state index in [1.165, 1.54) is 71.3 Å². The third-order valence-corrected chi connectivity index (χ3v) is 21.4. The molecule has 0 unspecified atom stereocenters. The largest absolute Gasteiger partial charge is 0.497 e. The van der Waals surface area contributed by atoms with E-state index in [9.17, 15) is 121 Å². The number of methoxy groups -OCH3 is 3. The Labute approximate surface area is 802 Å². The molecule has 0 saturated heterocycles. The van der Waals surface area contributed by atoms with E-state index in [0.717, 1.165) is 87.3 Å². The number of aromatic nitrogens is 2. The molecule has 9 aromatic rings. The van der Waals surface area contributed by atoms with Gasteiger partial charge in [-0.2, -0.15) is 97.5 Å². The van der Waals surface area contributed by atoms with Gasteiger partial charge in [0, 0.05) is 55.6 Å². The van der Waals surface area contributed by atoms with Crippen LogP contribution < -0.4 is 38.3 Å². The zero-order valence-corrected chi connectivity index (χ0v) is 79.6. The molecule has 0 radical (unpaired) electrons. The van der Waals surface area contributed by atoms with Crippen molar-refractivity contribution in [1.82, 2.24) is 15.3 Å². The van der Waals surface area contributed by atoms with Crippen molar-refractivity contribution in [2.45, 2.75) is 149 Å². The van der Waals surface area contributed by atoms with Crippen LogP contribution in [-0.2, 0) is 70.1 Å². The van der Waals surface area contributed by atoms with Crippen LogP contribution in [0.25, 0.3) is 0 Å². The summed E-state index contributed by atoms with van der Waals surface area (Å²) in [4.78, 5) is 64.7. The monoisotopic (exact) mass is 2340 g/mol. The summed E-state index contributed by atoms with van der Waals surface area (Å²) in [5.74, 6) is -3.85. The van der Waals surface area contributed by atoms with Crippen LogP contribution in [0, 0.1) is 52.9 Å². The molecule has 2 heterocycles. The maximum Gasteiger partial charge on any atom is 0.418 e. The molecule has 11 N–H and O–H groups in total. The van der Waals surface area contributed by atoms with Gasteiger partial charge in [0.25, 0.3) is 5.91 Å². The Bertz CT molecular complexity index is 5500. The number of anilines is 4. The number of carboxylic acids is 1. The molecule has 2 aliphatic rings. The summed E-state index contributed by atoms with van der Waals surface area (Å²) in [6.07, 6.45) is -26.7. The first kappa shape index (κ1) is 119. The average Bonchev–Trinajstić information content (AvgIpc) is 1.57. The molecule has 11 rings (SSSR count). The van der Waals surface area contributed by atoms with Crippen LogP contribution in [0.15, 0.2) is 142 Å². The second kappa shape index (κ2) is 50.8. The van der Waals surface area contributed by atoms with E-state index in [2.05, 4.69) is 142 Å². The second-order valence-electron chi connectivity index (χ2n) is 27.1. The molecule has 1 spiro atoms. The second-order valence-corrected chi connectivity index (χ2v) is 33.1. The van der Waals surface area contributed by atoms with E-state index in [0.29, 0.717) is 56.4 Å². The Hall–Kier alpha value is -9.34. The average molecular weight is 2350 g/mol. The number of benzene rings is 8. The summed E-state index contributed by atoms with van der Waals surface area (Å²) < 4.78 is 298. The summed E-state index contributed by atoms with van der Waals surface area (Å²) in [5, 5.41) is 23.2. The number of carbonyl (C=O) groups is 5. The smallest absolute Gasteiger partial charge is 0.418 e. The topological polar surface area (TPSA) is 311 Å². The Morgan fingerprint density at radius 3 is 1.30 bits per heavy atom. The Kier molecular flexibility index (Phi) is 45.7. The van der Waals surface area contributed by atoms with E-state index < -0.39 is 147 Å². The first-order valence-electron chi connectivity index (χ1n) is 36.7. The third kappa shape index (κ3) is 33.9. The van der Waals surface area contributed by atoms with Gasteiger partial charge < -0.3 is 52.9 Å². The van der Waals surface area contributed by atoms with E-state index in [4.69, 9.17) is 39.4 Å². The van der Waals surface area contributed by atoms with Crippen molar-refractivity contribution in [3.63, 3.8) is 0 Å². The number of nitrogen functional groups attached to an aromatic ring is 2. The molecule has 0 atom stereocenters. The number of hydrogen-bond acceptors (Lipinski definition) is 15. The van der Waals surface area contributed by atoms with E-state index in [-0.39, 0.29) is 88.6 Å². The van der Waals surface area contributed by atoms with Crippen LogP contribution >= 0.6 is 112 Å². The number of hydrogen-bond donors (Lipinski definition) is 7. The highest BCUT2D eigenvalue weighted by Crippen LogP contribution is 2.49. The first-order chi connectivity index (χ1) is 60.2. The highest BCUT2D eigenvalue weighted by atomic mass is 79.9. The van der Waals surface area contributed by atoms with Crippen molar-refractivity contribution in [3.8, 4) is 11.8 Å². The van der Waals surface area contributed by atoms with Gasteiger partial charge in [0.2, 0.25) is 5.91 Å². The molecule has 1 saturated carbocycles. The first-order valence-corrected chi connectivity index (χ1v) is 41.9. The number of carbonyl (C=O) groups excluding carboxylic acids is 4. The molecule has 1 fully saturated rings. The molecule has 1 aliphatic carbocycles. The number of aromatic carboxylic acids is 1. The lowest BCUT2D eigenvalue weighted by Gasteiger charge is -2.34. The van der Waals surface area contributed by atoms with Crippen molar-refractivity contribution in [1.29, 1.82) is 5.26 Å². The Morgan fingerprint density at radius 2 is 0.902 bits per heavy atom. The van der Waals surface area contributed by atoms with Crippen LogP contribution in [0.4, 0.5) is 120 Å². The van der Waals surface area contributed by atoms with E-state index in [1.54, 1.807) is 32.2 Å². The number of nitrogens with two attached hydrogens (primary N) is 4. The summed E-state index contributed by atoms with van der Waals surface area (Å²) >= 11 is 20.8. The fourth-order valence-corrected chi connectivity index (χ4v) is 16.1. The number of fused-ring (bicyclic) bond motifs is 2. The number of rotatable bonds is 9. The molecular formula is C85H82Br7F22N9O9. The number of primary amides is 1. The van der Waals surface area contributed by atoms with Gasteiger partial charge >= 0.3 is 61.1 Å². The van der Waals surface area contributed by atoms with Crippen LogP contribution in [0.5, 0.6) is 5.75 Å². The highest BCUT2D eigenvalue weighted by molar-refractivity contribution is 9.11. The maximum absolute atomic E-state index is 13.8. The van der Waals surface area contributed by atoms with Gasteiger partial charge in [0.15, 0.2) is 0 Å². The fraction of sp³-hybridized carbons (Fsp3) is 0.318. The predicted molar refractivity (Wildman–Crippen MR) is 478 cm³/mol. The minimum Gasteiger partial charge on any atom is -0.497 e. The molecule has 724 valence electrons. The molecule has 1 aromatic heterocycles. The van der Waals surface area contributed by atoms with Gasteiger partial charge in [-0.15, -0.1) is 0 Å². The van der Waals surface area contributed by atoms with E-state index >= 15 is 0 Å². The number of nitrogens with one attached hydrogen (secondary N) is 2. The highest BCUT2D eigenvalue weighted by Gasteiger charge is 2.50. The lowest BCUT2D eigenvalue weighted by atomic mass is 9.76. The normalized spacial score (nSPS) is 12.5. The number of nitrogens with zero attached hydrogens (tertiary/aromatic N) is 3. The molecular weight excluding hydrogens is 2270 g/mol. The fourth-order valence-electron chi connectivity index (χ4n) is 12.3. The van der Waals surface area contributed by atoms with Gasteiger partial charge in [-0.25, -0.2) is 24.4 Å². The number of ether oxygens (including phenoxy) is 3. The van der Waals surface area contributed by atoms with Crippen LogP contribution in [0.3, 0.4) is 0 Å². The SMILES string of the molecule is C.C.COC(=O)c1c(C)cc(Br)cc1C(F)(F)F.COC(=O)c1c(CBr)cc(Br)cc1C(F)(F)F.COc1ccc(CN)cc1.Cc1c(N)ncnc1Nc1cc(C(F)(F)F)c2c(c1)C1(CCCCC1)NC2=O.Cc1cc(Br)cc(C(F)(F)F)c1C#N.Cc1cc(Br)cc(C(F)(F)F)c1C(=O)O.Cc1cc(Br)cc(C(F)(F)F)c1C(N)=O.Cc1cc(Br)cc(C(F)(F)F)c1N.[2H]CF. The van der Waals surface area contributed by atoms with Crippen molar-refractivity contribution in [3.05, 3.63) is 265 Å². The Balaban J connectivity index is 0.000000768. The molecule has 132 heavy (non-hydrogen) atoms. The summed E-state index contributed by atoms with van der Waals surface area (Å²) in [5.41, 5.74) is 14.7. The number of esters is 2. The summed E-state index contributed by atoms with van der Waals surface area (Å²) in [6.45, 7) is 9.43. The minimum absolute atomic E-state index is 0.